The monoisotopic (exact) mass is 427 g/mol. The maximum absolute atomic E-state index is 12.7. The summed E-state index contributed by atoms with van der Waals surface area (Å²) in [7, 11) is 0. The molecule has 158 valence electrons. The van der Waals surface area contributed by atoms with Gasteiger partial charge in [0.15, 0.2) is 11.5 Å². The molecule has 0 aliphatic heterocycles. The van der Waals surface area contributed by atoms with Gasteiger partial charge in [-0.25, -0.2) is 0 Å². The Labute approximate surface area is 181 Å². The first-order chi connectivity index (χ1) is 14.6. The van der Waals surface area contributed by atoms with Gasteiger partial charge in [0, 0.05) is 24.5 Å². The molecule has 0 spiro atoms. The number of nitrogens with zero attached hydrogens (tertiary/aromatic N) is 2. The third-order valence-corrected chi connectivity index (χ3v) is 4.65. The maximum Gasteiger partial charge on any atom is 0.251 e. The van der Waals surface area contributed by atoms with Gasteiger partial charge in [0.2, 0.25) is 0 Å². The third kappa shape index (κ3) is 5.76. The molecule has 1 aromatic heterocycles. The van der Waals surface area contributed by atoms with Crippen LogP contribution in [0.15, 0.2) is 54.9 Å². The highest BCUT2D eigenvalue weighted by atomic mass is 35.5. The van der Waals surface area contributed by atoms with Crippen LogP contribution in [0.1, 0.15) is 41.8 Å². The fraction of sp³-hybridized carbons (Fsp3) is 0.304. The normalized spacial score (nSPS) is 10.6. The lowest BCUT2D eigenvalue weighted by Gasteiger charge is -2.15. The summed E-state index contributed by atoms with van der Waals surface area (Å²) in [5.41, 5.74) is 2.55. The lowest BCUT2D eigenvalue weighted by Crippen LogP contribution is -2.23. The number of halogens is 1. The van der Waals surface area contributed by atoms with Crippen molar-refractivity contribution in [2.45, 2.75) is 33.4 Å². The topological polar surface area (TPSA) is 65.4 Å². The van der Waals surface area contributed by atoms with Crippen LogP contribution in [0.3, 0.4) is 0 Å². The van der Waals surface area contributed by atoms with Crippen LogP contribution >= 0.6 is 11.6 Å². The summed E-state index contributed by atoms with van der Waals surface area (Å²) in [4.78, 5) is 12.7. The molecular weight excluding hydrogens is 402 g/mol. The minimum absolute atomic E-state index is 0.225. The number of ether oxygens (including phenoxy) is 2. The van der Waals surface area contributed by atoms with E-state index in [9.17, 15) is 4.79 Å². The van der Waals surface area contributed by atoms with E-state index >= 15 is 0 Å². The van der Waals surface area contributed by atoms with Crippen molar-refractivity contribution in [2.24, 2.45) is 0 Å². The summed E-state index contributed by atoms with van der Waals surface area (Å²) in [5.74, 6) is 0.727. The zero-order valence-corrected chi connectivity index (χ0v) is 18.0. The van der Waals surface area contributed by atoms with Gasteiger partial charge < -0.3 is 14.8 Å². The van der Waals surface area contributed by atoms with E-state index < -0.39 is 0 Å². The molecule has 6 nitrogen and oxygen atoms in total. The van der Waals surface area contributed by atoms with Crippen molar-refractivity contribution >= 4 is 17.5 Å². The molecular formula is C23H26ClN3O3. The van der Waals surface area contributed by atoms with Crippen LogP contribution in [0, 0.1) is 0 Å². The Morgan fingerprint density at radius 1 is 1.13 bits per heavy atom. The fourth-order valence-corrected chi connectivity index (χ4v) is 3.27. The van der Waals surface area contributed by atoms with Crippen molar-refractivity contribution in [3.05, 3.63) is 76.6 Å². The molecule has 0 saturated heterocycles. The van der Waals surface area contributed by atoms with E-state index in [1.54, 1.807) is 18.3 Å². The number of rotatable bonds is 10. The second-order valence-corrected chi connectivity index (χ2v) is 7.18. The summed E-state index contributed by atoms with van der Waals surface area (Å²) in [6.45, 7) is 5.95. The number of hydrogen-bond acceptors (Lipinski definition) is 4. The van der Waals surface area contributed by atoms with E-state index in [2.05, 4.69) is 16.5 Å². The number of nitrogens with one attached hydrogen (secondary N) is 1. The third-order valence-electron chi connectivity index (χ3n) is 4.37. The SMILES string of the molecule is CCCOc1c(Cl)cc(C(=O)NCc2cccc(Cn3cccn3)c2)cc1OCC. The van der Waals surface area contributed by atoms with Crippen LogP contribution in [0.5, 0.6) is 11.5 Å². The molecule has 0 atom stereocenters. The van der Waals surface area contributed by atoms with E-state index in [1.807, 2.05) is 49.0 Å². The maximum atomic E-state index is 12.7. The van der Waals surface area contributed by atoms with E-state index in [4.69, 9.17) is 21.1 Å². The lowest BCUT2D eigenvalue weighted by atomic mass is 10.1. The Kier molecular flexibility index (Phi) is 7.74. The number of aromatic nitrogens is 2. The molecule has 0 fully saturated rings. The van der Waals surface area contributed by atoms with Gasteiger partial charge in [-0.15, -0.1) is 0 Å². The van der Waals surface area contributed by atoms with Crippen molar-refractivity contribution in [1.82, 2.24) is 15.1 Å². The molecule has 7 heteroatoms. The fourth-order valence-electron chi connectivity index (χ4n) is 3.01. The number of benzene rings is 2. The van der Waals surface area contributed by atoms with Gasteiger partial charge in [-0.2, -0.15) is 5.10 Å². The highest BCUT2D eigenvalue weighted by molar-refractivity contribution is 6.32. The summed E-state index contributed by atoms with van der Waals surface area (Å²) in [5, 5.41) is 7.53. The average Bonchev–Trinajstić information content (AvgIpc) is 3.25. The molecule has 1 N–H and O–H groups in total. The minimum Gasteiger partial charge on any atom is -0.490 e. The van der Waals surface area contributed by atoms with Crippen molar-refractivity contribution in [3.8, 4) is 11.5 Å². The smallest absolute Gasteiger partial charge is 0.251 e. The van der Waals surface area contributed by atoms with Gasteiger partial charge in [-0.3, -0.25) is 9.48 Å². The number of hydrogen-bond donors (Lipinski definition) is 1. The first-order valence-electron chi connectivity index (χ1n) is 10.0. The van der Waals surface area contributed by atoms with E-state index in [0.29, 0.717) is 48.4 Å². The van der Waals surface area contributed by atoms with E-state index in [0.717, 1.165) is 17.5 Å². The second-order valence-electron chi connectivity index (χ2n) is 6.77. The summed E-state index contributed by atoms with van der Waals surface area (Å²) < 4.78 is 13.2. The zero-order chi connectivity index (χ0) is 21.3. The zero-order valence-electron chi connectivity index (χ0n) is 17.2. The predicted molar refractivity (Wildman–Crippen MR) is 117 cm³/mol. The van der Waals surface area contributed by atoms with Crippen LogP contribution in [-0.2, 0) is 13.1 Å². The lowest BCUT2D eigenvalue weighted by molar-refractivity contribution is 0.0950. The van der Waals surface area contributed by atoms with Crippen molar-refractivity contribution in [2.75, 3.05) is 13.2 Å². The average molecular weight is 428 g/mol. The molecule has 0 aliphatic carbocycles. The quantitative estimate of drug-likeness (QED) is 0.509. The molecule has 0 aliphatic rings. The molecule has 0 saturated carbocycles. The highest BCUT2D eigenvalue weighted by Crippen LogP contribution is 2.36. The molecule has 1 heterocycles. The standard InChI is InChI=1S/C23H26ClN3O3/c1-3-11-30-22-20(24)13-19(14-21(22)29-4-2)23(28)25-15-17-7-5-8-18(12-17)16-27-10-6-9-26-27/h5-10,12-14H,3-4,11,15-16H2,1-2H3,(H,25,28). The van der Waals surface area contributed by atoms with Gasteiger partial charge in [-0.05, 0) is 42.7 Å². The van der Waals surface area contributed by atoms with Gasteiger partial charge in [0.1, 0.15) is 0 Å². The first-order valence-corrected chi connectivity index (χ1v) is 10.4. The Bertz CT molecular complexity index is 974. The molecule has 3 aromatic rings. The molecule has 2 aromatic carbocycles. The summed E-state index contributed by atoms with van der Waals surface area (Å²) in [6, 6.07) is 13.2. The molecule has 0 bridgehead atoms. The largest absolute Gasteiger partial charge is 0.490 e. The Balaban J connectivity index is 1.68. The van der Waals surface area contributed by atoms with Gasteiger partial charge in [-0.1, -0.05) is 42.8 Å². The van der Waals surface area contributed by atoms with E-state index in [-0.39, 0.29) is 5.91 Å². The second kappa shape index (κ2) is 10.7. The van der Waals surface area contributed by atoms with Crippen molar-refractivity contribution in [3.63, 3.8) is 0 Å². The van der Waals surface area contributed by atoms with Crippen LogP contribution in [0.25, 0.3) is 0 Å². The van der Waals surface area contributed by atoms with E-state index in [1.165, 1.54) is 0 Å². The van der Waals surface area contributed by atoms with Crippen LogP contribution in [-0.4, -0.2) is 28.9 Å². The molecule has 3 rings (SSSR count). The number of amides is 1. The van der Waals surface area contributed by atoms with Crippen LogP contribution in [0.2, 0.25) is 5.02 Å². The number of carbonyl (C=O) groups is 1. The first kappa shape index (κ1) is 21.7. The highest BCUT2D eigenvalue weighted by Gasteiger charge is 2.16. The Hall–Kier alpha value is -2.99. The Morgan fingerprint density at radius 2 is 1.97 bits per heavy atom. The molecule has 30 heavy (non-hydrogen) atoms. The minimum atomic E-state index is -0.225. The van der Waals surface area contributed by atoms with Gasteiger partial charge in [0.25, 0.3) is 5.91 Å². The van der Waals surface area contributed by atoms with Gasteiger partial charge in [0.05, 0.1) is 24.8 Å². The van der Waals surface area contributed by atoms with Gasteiger partial charge >= 0.3 is 0 Å². The molecule has 1 amide bonds. The summed E-state index contributed by atoms with van der Waals surface area (Å²) >= 11 is 6.36. The van der Waals surface area contributed by atoms with Crippen molar-refractivity contribution < 1.29 is 14.3 Å². The van der Waals surface area contributed by atoms with Crippen LogP contribution in [0.4, 0.5) is 0 Å². The Morgan fingerprint density at radius 3 is 2.70 bits per heavy atom. The van der Waals surface area contributed by atoms with Crippen LogP contribution < -0.4 is 14.8 Å². The molecule has 0 unspecified atom stereocenters. The predicted octanol–water partition coefficient (Wildman–Crippen LogP) is 4.70. The van der Waals surface area contributed by atoms with Crippen molar-refractivity contribution in [1.29, 1.82) is 0 Å². The number of carbonyl (C=O) groups excluding carboxylic acids is 1. The summed E-state index contributed by atoms with van der Waals surface area (Å²) in [6.07, 6.45) is 4.52. The molecule has 0 radical (unpaired) electrons.